The third kappa shape index (κ3) is 3.98. The zero-order chi connectivity index (χ0) is 20.9. The number of hydrogen-bond donors (Lipinski definition) is 0. The Morgan fingerprint density at radius 2 is 1.70 bits per heavy atom. The number of tetrazole rings is 1. The average molecular weight is 407 g/mol. The molecule has 8 nitrogen and oxygen atoms in total. The summed E-state index contributed by atoms with van der Waals surface area (Å²) in [7, 11) is 3.16. The van der Waals surface area contributed by atoms with Gasteiger partial charge in [0.05, 0.1) is 14.2 Å². The predicted molar refractivity (Wildman–Crippen MR) is 111 cm³/mol. The highest BCUT2D eigenvalue weighted by molar-refractivity contribution is 5.83. The molecule has 1 aliphatic rings. The first-order chi connectivity index (χ1) is 14.7. The largest absolute Gasteiger partial charge is 0.493 e. The van der Waals surface area contributed by atoms with Crippen LogP contribution in [0.3, 0.4) is 0 Å². The van der Waals surface area contributed by atoms with Gasteiger partial charge in [-0.15, -0.1) is 15.0 Å². The molecule has 3 aromatic rings. The molecule has 1 atom stereocenters. The van der Waals surface area contributed by atoms with Gasteiger partial charge in [-0.1, -0.05) is 30.3 Å². The number of likely N-dealkylation sites (tertiary alicyclic amines) is 1. The second kappa shape index (κ2) is 8.94. The molecule has 156 valence electrons. The number of carbonyl (C=O) groups is 1. The fraction of sp³-hybridized carbons (Fsp3) is 0.364. The summed E-state index contributed by atoms with van der Waals surface area (Å²) in [5.41, 5.74) is 1.57. The standard InChI is InChI=1S/C22H25N5O3/c1-29-18-12-11-17(15-19(18)30-2)21-23-25-27(24-21)20(16-9-5-3-6-10-16)22(28)26-13-7-4-8-14-26/h3,5-6,9-12,15,20H,4,7-8,13-14H2,1-2H3/t20-/m1/s1. The van der Waals surface area contributed by atoms with E-state index in [4.69, 9.17) is 9.47 Å². The second-order valence-electron chi connectivity index (χ2n) is 7.20. The first kappa shape index (κ1) is 19.9. The number of piperidine rings is 1. The van der Waals surface area contributed by atoms with E-state index in [0.717, 1.165) is 43.5 Å². The summed E-state index contributed by atoms with van der Waals surface area (Å²) in [5.74, 6) is 1.62. The van der Waals surface area contributed by atoms with Crippen molar-refractivity contribution in [1.29, 1.82) is 0 Å². The molecule has 30 heavy (non-hydrogen) atoms. The van der Waals surface area contributed by atoms with E-state index < -0.39 is 6.04 Å². The van der Waals surface area contributed by atoms with Gasteiger partial charge in [-0.2, -0.15) is 0 Å². The summed E-state index contributed by atoms with van der Waals surface area (Å²) < 4.78 is 10.7. The van der Waals surface area contributed by atoms with Gasteiger partial charge in [0, 0.05) is 18.7 Å². The first-order valence-corrected chi connectivity index (χ1v) is 10.1. The second-order valence-corrected chi connectivity index (χ2v) is 7.20. The van der Waals surface area contributed by atoms with Gasteiger partial charge in [-0.25, -0.2) is 0 Å². The molecule has 2 heterocycles. The summed E-state index contributed by atoms with van der Waals surface area (Å²) in [4.78, 5) is 16.7. The molecule has 0 spiro atoms. The number of hydrogen-bond acceptors (Lipinski definition) is 6. The highest BCUT2D eigenvalue weighted by Crippen LogP contribution is 2.31. The molecule has 1 amide bonds. The van der Waals surface area contributed by atoms with E-state index in [9.17, 15) is 4.79 Å². The topological polar surface area (TPSA) is 82.4 Å². The maximum atomic E-state index is 13.4. The lowest BCUT2D eigenvalue weighted by molar-refractivity contribution is -0.135. The number of nitrogens with zero attached hydrogens (tertiary/aromatic N) is 5. The van der Waals surface area contributed by atoms with Crippen LogP contribution in [-0.4, -0.2) is 58.3 Å². The minimum atomic E-state index is -0.648. The predicted octanol–water partition coefficient (Wildman–Crippen LogP) is 2.96. The highest BCUT2D eigenvalue weighted by Gasteiger charge is 2.30. The number of ether oxygens (including phenoxy) is 2. The summed E-state index contributed by atoms with van der Waals surface area (Å²) in [6, 6.07) is 14.4. The van der Waals surface area contributed by atoms with E-state index in [-0.39, 0.29) is 5.91 Å². The van der Waals surface area contributed by atoms with Crippen molar-refractivity contribution >= 4 is 5.91 Å². The lowest BCUT2D eigenvalue weighted by Crippen LogP contribution is -2.41. The minimum Gasteiger partial charge on any atom is -0.493 e. The molecule has 1 saturated heterocycles. The Hall–Kier alpha value is -3.42. The van der Waals surface area contributed by atoms with Crippen LogP contribution >= 0.6 is 0 Å². The van der Waals surface area contributed by atoms with Gasteiger partial charge in [0.1, 0.15) is 0 Å². The van der Waals surface area contributed by atoms with Crippen LogP contribution in [0.15, 0.2) is 48.5 Å². The molecule has 1 aliphatic heterocycles. The number of benzene rings is 2. The molecular formula is C22H25N5O3. The van der Waals surface area contributed by atoms with E-state index in [1.807, 2.05) is 41.3 Å². The Balaban J connectivity index is 1.69. The van der Waals surface area contributed by atoms with Gasteiger partial charge in [0.15, 0.2) is 17.5 Å². The molecule has 4 rings (SSSR count). The Morgan fingerprint density at radius 3 is 2.40 bits per heavy atom. The average Bonchev–Trinajstić information content (AvgIpc) is 3.29. The monoisotopic (exact) mass is 407 g/mol. The van der Waals surface area contributed by atoms with E-state index in [1.165, 1.54) is 4.80 Å². The Morgan fingerprint density at radius 1 is 0.967 bits per heavy atom. The Labute approximate surface area is 175 Å². The summed E-state index contributed by atoms with van der Waals surface area (Å²) in [5, 5.41) is 13.0. The summed E-state index contributed by atoms with van der Waals surface area (Å²) in [6.07, 6.45) is 3.20. The lowest BCUT2D eigenvalue weighted by atomic mass is 10.0. The van der Waals surface area contributed by atoms with Crippen molar-refractivity contribution in [1.82, 2.24) is 25.1 Å². The van der Waals surface area contributed by atoms with Crippen LogP contribution < -0.4 is 9.47 Å². The SMILES string of the molecule is COc1ccc(-c2nnn([C@@H](C(=O)N3CCCCC3)c3ccccc3)n2)cc1OC. The van der Waals surface area contributed by atoms with Crippen molar-refractivity contribution in [3.63, 3.8) is 0 Å². The summed E-state index contributed by atoms with van der Waals surface area (Å²) in [6.45, 7) is 1.53. The number of aromatic nitrogens is 4. The molecule has 0 aliphatic carbocycles. The van der Waals surface area contributed by atoms with Crippen molar-refractivity contribution in [2.24, 2.45) is 0 Å². The van der Waals surface area contributed by atoms with Gasteiger partial charge >= 0.3 is 0 Å². The van der Waals surface area contributed by atoms with Crippen molar-refractivity contribution in [3.8, 4) is 22.9 Å². The molecule has 1 aromatic heterocycles. The number of methoxy groups -OCH3 is 2. The Bertz CT molecular complexity index is 999. The minimum absolute atomic E-state index is 0.00263. The van der Waals surface area contributed by atoms with Crippen LogP contribution in [0, 0.1) is 0 Å². The van der Waals surface area contributed by atoms with Crippen LogP contribution in [0.4, 0.5) is 0 Å². The zero-order valence-corrected chi connectivity index (χ0v) is 17.2. The number of carbonyl (C=O) groups excluding carboxylic acids is 1. The van der Waals surface area contributed by atoms with Gasteiger partial charge in [-0.05, 0) is 48.2 Å². The Kier molecular flexibility index (Phi) is 5.92. The fourth-order valence-electron chi connectivity index (χ4n) is 3.72. The van der Waals surface area contributed by atoms with Crippen molar-refractivity contribution in [2.75, 3.05) is 27.3 Å². The normalized spacial score (nSPS) is 14.9. The zero-order valence-electron chi connectivity index (χ0n) is 17.2. The van der Waals surface area contributed by atoms with Crippen LogP contribution in [0.1, 0.15) is 30.9 Å². The molecule has 0 bridgehead atoms. The molecule has 0 unspecified atom stereocenters. The van der Waals surface area contributed by atoms with Crippen LogP contribution in [-0.2, 0) is 4.79 Å². The van der Waals surface area contributed by atoms with E-state index >= 15 is 0 Å². The molecule has 0 saturated carbocycles. The van der Waals surface area contributed by atoms with Gasteiger partial charge in [0.2, 0.25) is 5.82 Å². The fourth-order valence-corrected chi connectivity index (χ4v) is 3.72. The first-order valence-electron chi connectivity index (χ1n) is 10.1. The highest BCUT2D eigenvalue weighted by atomic mass is 16.5. The van der Waals surface area contributed by atoms with E-state index in [1.54, 1.807) is 26.4 Å². The third-order valence-electron chi connectivity index (χ3n) is 5.32. The molecule has 8 heteroatoms. The van der Waals surface area contributed by atoms with Crippen LogP contribution in [0.5, 0.6) is 11.5 Å². The smallest absolute Gasteiger partial charge is 0.254 e. The van der Waals surface area contributed by atoms with E-state index in [2.05, 4.69) is 15.4 Å². The van der Waals surface area contributed by atoms with Gasteiger partial charge < -0.3 is 14.4 Å². The third-order valence-corrected chi connectivity index (χ3v) is 5.32. The quantitative estimate of drug-likeness (QED) is 0.625. The molecule has 2 aromatic carbocycles. The van der Waals surface area contributed by atoms with Crippen molar-refractivity contribution in [2.45, 2.75) is 25.3 Å². The summed E-state index contributed by atoms with van der Waals surface area (Å²) >= 11 is 0. The van der Waals surface area contributed by atoms with Gasteiger partial charge in [-0.3, -0.25) is 4.79 Å². The number of amides is 1. The maximum absolute atomic E-state index is 13.4. The molecule has 0 N–H and O–H groups in total. The van der Waals surface area contributed by atoms with Crippen molar-refractivity contribution < 1.29 is 14.3 Å². The van der Waals surface area contributed by atoms with Crippen molar-refractivity contribution in [3.05, 3.63) is 54.1 Å². The van der Waals surface area contributed by atoms with Gasteiger partial charge in [0.25, 0.3) is 5.91 Å². The molecular weight excluding hydrogens is 382 g/mol. The lowest BCUT2D eigenvalue weighted by Gasteiger charge is -2.30. The maximum Gasteiger partial charge on any atom is 0.254 e. The molecule has 0 radical (unpaired) electrons. The number of rotatable bonds is 6. The van der Waals surface area contributed by atoms with Crippen LogP contribution in [0.2, 0.25) is 0 Å². The van der Waals surface area contributed by atoms with Crippen LogP contribution in [0.25, 0.3) is 11.4 Å². The van der Waals surface area contributed by atoms with E-state index in [0.29, 0.717) is 17.3 Å². The molecule has 1 fully saturated rings.